The van der Waals surface area contributed by atoms with E-state index in [-0.39, 0.29) is 5.97 Å². The van der Waals surface area contributed by atoms with E-state index >= 15 is 0 Å². The van der Waals surface area contributed by atoms with Crippen LogP contribution in [0, 0.1) is 12.3 Å². The molecule has 4 heterocycles. The number of ether oxygens (including phenoxy) is 1. The van der Waals surface area contributed by atoms with Gasteiger partial charge in [-0.3, -0.25) is 9.20 Å². The third kappa shape index (κ3) is 3.37. The number of aromatic amines is 1. The third-order valence-corrected chi connectivity index (χ3v) is 6.34. The summed E-state index contributed by atoms with van der Waals surface area (Å²) in [7, 11) is 0. The van der Waals surface area contributed by atoms with Gasteiger partial charge in [0.15, 0.2) is 5.65 Å². The van der Waals surface area contributed by atoms with Crippen molar-refractivity contribution in [3.05, 3.63) is 54.1 Å². The summed E-state index contributed by atoms with van der Waals surface area (Å²) in [4.78, 5) is 25.3. The number of hydrogen-bond acceptors (Lipinski definition) is 5. The standard InChI is InChI=1S/C25H29N5O2/c1-16-29-21(20-15-28-22-19(30(16)20)9-12-27-22)17-5-7-18(8-6-17)25(10-13-26-14-11-25)32-23(31)24(2,3)4/h5-9,12,15,26-27H,10-11,13-14H2,1-4H3. The average Bonchev–Trinajstić information content (AvgIpc) is 3.38. The molecule has 1 aromatic carbocycles. The van der Waals surface area contributed by atoms with E-state index in [1.54, 1.807) is 0 Å². The van der Waals surface area contributed by atoms with Crippen LogP contribution >= 0.6 is 0 Å². The number of esters is 1. The predicted molar refractivity (Wildman–Crippen MR) is 124 cm³/mol. The first-order chi connectivity index (χ1) is 15.3. The summed E-state index contributed by atoms with van der Waals surface area (Å²) in [5, 5.41) is 3.38. The van der Waals surface area contributed by atoms with Gasteiger partial charge in [0.2, 0.25) is 0 Å². The van der Waals surface area contributed by atoms with Crippen molar-refractivity contribution in [3.63, 3.8) is 0 Å². The molecule has 0 bridgehead atoms. The number of fused-ring (bicyclic) bond motifs is 3. The van der Waals surface area contributed by atoms with E-state index in [4.69, 9.17) is 9.72 Å². The Morgan fingerprint density at radius 2 is 1.81 bits per heavy atom. The first-order valence-electron chi connectivity index (χ1n) is 11.1. The quantitative estimate of drug-likeness (QED) is 0.471. The number of aryl methyl sites for hydroxylation is 1. The number of piperidine rings is 1. The lowest BCUT2D eigenvalue weighted by Gasteiger charge is -2.39. The normalized spacial score (nSPS) is 16.5. The third-order valence-electron chi connectivity index (χ3n) is 6.34. The average molecular weight is 432 g/mol. The highest BCUT2D eigenvalue weighted by molar-refractivity contribution is 5.84. The number of aromatic nitrogens is 4. The number of benzene rings is 1. The first kappa shape index (κ1) is 20.7. The molecule has 7 nitrogen and oxygen atoms in total. The van der Waals surface area contributed by atoms with Crippen molar-refractivity contribution < 1.29 is 9.53 Å². The molecule has 4 aromatic rings. The minimum absolute atomic E-state index is 0.166. The van der Waals surface area contributed by atoms with Crippen molar-refractivity contribution in [1.29, 1.82) is 0 Å². The molecule has 0 aliphatic carbocycles. The van der Waals surface area contributed by atoms with Gasteiger partial charge in [-0.15, -0.1) is 0 Å². The molecule has 0 atom stereocenters. The Bertz CT molecular complexity index is 1290. The van der Waals surface area contributed by atoms with Crippen molar-refractivity contribution in [2.75, 3.05) is 13.1 Å². The lowest BCUT2D eigenvalue weighted by Crippen LogP contribution is -2.45. The fourth-order valence-corrected chi connectivity index (χ4v) is 4.49. The highest BCUT2D eigenvalue weighted by atomic mass is 16.6. The van der Waals surface area contributed by atoms with Crippen LogP contribution in [0.5, 0.6) is 0 Å². The van der Waals surface area contributed by atoms with Crippen LogP contribution in [0.1, 0.15) is 45.0 Å². The number of H-pyrrole nitrogens is 1. The molecule has 1 aliphatic heterocycles. The van der Waals surface area contributed by atoms with Crippen molar-refractivity contribution in [3.8, 4) is 11.3 Å². The molecule has 0 radical (unpaired) electrons. The van der Waals surface area contributed by atoms with Gasteiger partial charge in [0.25, 0.3) is 0 Å². The summed E-state index contributed by atoms with van der Waals surface area (Å²) >= 11 is 0. The summed E-state index contributed by atoms with van der Waals surface area (Å²) < 4.78 is 8.30. The van der Waals surface area contributed by atoms with Crippen LogP contribution in [-0.4, -0.2) is 38.4 Å². The van der Waals surface area contributed by atoms with Gasteiger partial charge >= 0.3 is 5.97 Å². The number of imidazole rings is 1. The number of nitrogens with one attached hydrogen (secondary N) is 2. The van der Waals surface area contributed by atoms with Gasteiger partial charge < -0.3 is 15.0 Å². The molecule has 0 unspecified atom stereocenters. The second kappa shape index (κ2) is 7.45. The Morgan fingerprint density at radius 3 is 2.50 bits per heavy atom. The lowest BCUT2D eigenvalue weighted by molar-refractivity contribution is -0.174. The van der Waals surface area contributed by atoms with E-state index in [1.807, 2.05) is 46.2 Å². The molecule has 5 rings (SSSR count). The highest BCUT2D eigenvalue weighted by Crippen LogP contribution is 2.38. The van der Waals surface area contributed by atoms with Crippen LogP contribution in [0.15, 0.2) is 42.7 Å². The van der Waals surface area contributed by atoms with Crippen molar-refractivity contribution in [1.82, 2.24) is 24.7 Å². The summed E-state index contributed by atoms with van der Waals surface area (Å²) in [5.74, 6) is 0.751. The molecule has 1 fully saturated rings. The topological polar surface area (TPSA) is 84.3 Å². The number of rotatable bonds is 3. The van der Waals surface area contributed by atoms with Gasteiger partial charge in [0.1, 0.15) is 11.4 Å². The van der Waals surface area contributed by atoms with Gasteiger partial charge in [-0.2, -0.15) is 0 Å². The van der Waals surface area contributed by atoms with Gasteiger partial charge in [-0.25, -0.2) is 9.97 Å². The van der Waals surface area contributed by atoms with Crippen molar-refractivity contribution in [2.24, 2.45) is 5.41 Å². The number of carbonyl (C=O) groups is 1. The molecule has 3 aromatic heterocycles. The molecule has 1 saturated heterocycles. The van der Waals surface area contributed by atoms with Gasteiger partial charge in [-0.05, 0) is 52.4 Å². The van der Waals surface area contributed by atoms with Gasteiger partial charge in [-0.1, -0.05) is 24.3 Å². The minimum Gasteiger partial charge on any atom is -0.454 e. The maximum Gasteiger partial charge on any atom is 0.312 e. The summed E-state index contributed by atoms with van der Waals surface area (Å²) in [6.45, 7) is 9.34. The molecule has 166 valence electrons. The van der Waals surface area contributed by atoms with Crippen LogP contribution in [0.4, 0.5) is 0 Å². The number of carbonyl (C=O) groups excluding carboxylic acids is 1. The van der Waals surface area contributed by atoms with Crippen molar-refractivity contribution in [2.45, 2.75) is 46.1 Å². The second-order valence-corrected chi connectivity index (χ2v) is 9.66. The Morgan fingerprint density at radius 1 is 1.09 bits per heavy atom. The van der Waals surface area contributed by atoms with E-state index < -0.39 is 11.0 Å². The monoisotopic (exact) mass is 431 g/mol. The summed E-state index contributed by atoms with van der Waals surface area (Å²) in [6, 6.07) is 10.3. The Hall–Kier alpha value is -3.19. The zero-order valence-corrected chi connectivity index (χ0v) is 19.0. The maximum atomic E-state index is 12.8. The molecule has 1 aliphatic rings. The molecule has 32 heavy (non-hydrogen) atoms. The van der Waals surface area contributed by atoms with Crippen molar-refractivity contribution >= 4 is 22.6 Å². The Kier molecular flexibility index (Phi) is 4.82. The van der Waals surface area contributed by atoms with Crippen LogP contribution in [-0.2, 0) is 15.1 Å². The van der Waals surface area contributed by atoms with Crippen LogP contribution in [0.25, 0.3) is 27.9 Å². The van der Waals surface area contributed by atoms with E-state index in [9.17, 15) is 4.79 Å². The fourth-order valence-electron chi connectivity index (χ4n) is 4.49. The summed E-state index contributed by atoms with van der Waals surface area (Å²) in [6.07, 6.45) is 5.27. The summed E-state index contributed by atoms with van der Waals surface area (Å²) in [5.41, 5.74) is 4.63. The van der Waals surface area contributed by atoms with E-state index in [0.717, 1.165) is 65.3 Å². The molecule has 0 saturated carbocycles. The lowest BCUT2D eigenvalue weighted by atomic mass is 9.83. The fraction of sp³-hybridized carbons (Fsp3) is 0.400. The Labute approximate surface area is 187 Å². The Balaban J connectivity index is 1.54. The maximum absolute atomic E-state index is 12.8. The smallest absolute Gasteiger partial charge is 0.312 e. The molecule has 7 heteroatoms. The van der Waals surface area contributed by atoms with Crippen LogP contribution in [0.3, 0.4) is 0 Å². The van der Waals surface area contributed by atoms with Crippen LogP contribution < -0.4 is 5.32 Å². The molecule has 0 spiro atoms. The molecular weight excluding hydrogens is 402 g/mol. The zero-order valence-electron chi connectivity index (χ0n) is 19.0. The molecule has 0 amide bonds. The highest BCUT2D eigenvalue weighted by Gasteiger charge is 2.40. The first-order valence-corrected chi connectivity index (χ1v) is 11.1. The molecule has 2 N–H and O–H groups in total. The van der Waals surface area contributed by atoms with Gasteiger partial charge in [0.05, 0.1) is 28.3 Å². The van der Waals surface area contributed by atoms with E-state index in [0.29, 0.717) is 0 Å². The van der Waals surface area contributed by atoms with Crippen LogP contribution in [0.2, 0.25) is 0 Å². The second-order valence-electron chi connectivity index (χ2n) is 9.66. The van der Waals surface area contributed by atoms with E-state index in [2.05, 4.69) is 44.0 Å². The number of nitrogens with zero attached hydrogens (tertiary/aromatic N) is 3. The molecular formula is C25H29N5O2. The SMILES string of the molecule is Cc1nc(-c2ccc(C3(OC(=O)C(C)(C)C)CCNCC3)cc2)c2cnc3[nH]ccc3n12. The minimum atomic E-state index is -0.598. The predicted octanol–water partition coefficient (Wildman–Crippen LogP) is 4.35. The number of hydrogen-bond donors (Lipinski definition) is 2. The van der Waals surface area contributed by atoms with E-state index in [1.165, 1.54) is 0 Å². The van der Waals surface area contributed by atoms with Gasteiger partial charge in [0, 0.05) is 24.6 Å². The zero-order chi connectivity index (χ0) is 22.5. The largest absolute Gasteiger partial charge is 0.454 e.